The van der Waals surface area contributed by atoms with Crippen LogP contribution in [0.3, 0.4) is 0 Å². The van der Waals surface area contributed by atoms with E-state index in [0.29, 0.717) is 16.5 Å². The molecule has 19 heavy (non-hydrogen) atoms. The zero-order valence-electron chi connectivity index (χ0n) is 11.1. The summed E-state index contributed by atoms with van der Waals surface area (Å²) in [4.78, 5) is 0. The third-order valence-corrected chi connectivity index (χ3v) is 3.94. The fourth-order valence-corrected chi connectivity index (χ4v) is 3.05. The summed E-state index contributed by atoms with van der Waals surface area (Å²) in [6.07, 6.45) is 0. The molecule has 5 heteroatoms. The van der Waals surface area contributed by atoms with Crippen LogP contribution in [0, 0.1) is 0 Å². The fraction of sp³-hybridized carbons (Fsp3) is 0.286. The lowest BCUT2D eigenvalue weighted by Crippen LogP contribution is -2.17. The highest BCUT2D eigenvalue weighted by Gasteiger charge is 2.17. The molecule has 1 heterocycles. The van der Waals surface area contributed by atoms with Crippen molar-refractivity contribution in [3.8, 4) is 11.5 Å². The lowest BCUT2D eigenvalue weighted by molar-refractivity contribution is 0.354. The Balaban J connectivity index is 2.47. The van der Waals surface area contributed by atoms with Gasteiger partial charge in [-0.05, 0) is 47.1 Å². The van der Waals surface area contributed by atoms with Crippen LogP contribution in [0.1, 0.15) is 17.2 Å². The first-order valence-electron chi connectivity index (χ1n) is 5.82. The summed E-state index contributed by atoms with van der Waals surface area (Å²) in [6, 6.07) is 6.03. The minimum absolute atomic E-state index is 0.0866. The molecule has 0 saturated heterocycles. The molecule has 0 fully saturated rings. The van der Waals surface area contributed by atoms with Crippen molar-refractivity contribution in [3.63, 3.8) is 0 Å². The molecule has 1 atom stereocenters. The summed E-state index contributed by atoms with van der Waals surface area (Å²) >= 11 is 7.92. The van der Waals surface area contributed by atoms with Crippen LogP contribution in [0.5, 0.6) is 11.5 Å². The van der Waals surface area contributed by atoms with Gasteiger partial charge in [0.15, 0.2) is 11.5 Å². The molecular weight excluding hydrogens is 282 g/mol. The predicted molar refractivity (Wildman–Crippen MR) is 79.8 cm³/mol. The highest BCUT2D eigenvalue weighted by Crippen LogP contribution is 2.38. The third-order valence-electron chi connectivity index (χ3n) is 2.95. The molecule has 1 aromatic carbocycles. The van der Waals surface area contributed by atoms with Crippen molar-refractivity contribution in [2.24, 2.45) is 0 Å². The van der Waals surface area contributed by atoms with Gasteiger partial charge in [-0.25, -0.2) is 0 Å². The average Bonchev–Trinajstić information content (AvgIpc) is 2.92. The Morgan fingerprint density at radius 3 is 2.53 bits per heavy atom. The minimum Gasteiger partial charge on any atom is -0.493 e. The molecule has 0 amide bonds. The summed E-state index contributed by atoms with van der Waals surface area (Å²) in [5, 5.41) is 8.01. The maximum Gasteiger partial charge on any atom is 0.179 e. The molecule has 0 bridgehead atoms. The molecule has 2 aromatic rings. The van der Waals surface area contributed by atoms with Crippen molar-refractivity contribution in [1.29, 1.82) is 0 Å². The molecule has 1 aromatic heterocycles. The standard InChI is InChI=1S/C14H16ClNO2S/c1-16-13(9-4-5-19-8-9)10-6-11(15)14(18-3)12(7-10)17-2/h4-8,13,16H,1-3H3. The first-order valence-corrected chi connectivity index (χ1v) is 7.14. The van der Waals surface area contributed by atoms with Gasteiger partial charge in [-0.2, -0.15) is 11.3 Å². The van der Waals surface area contributed by atoms with E-state index < -0.39 is 0 Å². The Morgan fingerprint density at radius 2 is 2.00 bits per heavy atom. The normalized spacial score (nSPS) is 12.2. The monoisotopic (exact) mass is 297 g/mol. The zero-order chi connectivity index (χ0) is 13.8. The zero-order valence-corrected chi connectivity index (χ0v) is 12.6. The molecule has 0 radical (unpaired) electrons. The van der Waals surface area contributed by atoms with Gasteiger partial charge >= 0.3 is 0 Å². The lowest BCUT2D eigenvalue weighted by Gasteiger charge is -2.18. The Morgan fingerprint density at radius 1 is 1.21 bits per heavy atom. The van der Waals surface area contributed by atoms with E-state index >= 15 is 0 Å². The summed E-state index contributed by atoms with van der Waals surface area (Å²) < 4.78 is 10.6. The van der Waals surface area contributed by atoms with Crippen LogP contribution in [0.25, 0.3) is 0 Å². The van der Waals surface area contributed by atoms with Crippen LogP contribution in [0.4, 0.5) is 0 Å². The van der Waals surface area contributed by atoms with Crippen LogP contribution >= 0.6 is 22.9 Å². The van der Waals surface area contributed by atoms with Gasteiger partial charge in [0.25, 0.3) is 0 Å². The maximum atomic E-state index is 6.25. The Kier molecular flexibility index (Phi) is 4.69. The summed E-state index contributed by atoms with van der Waals surface area (Å²) in [5.41, 5.74) is 2.25. The van der Waals surface area contributed by atoms with E-state index in [1.54, 1.807) is 25.6 Å². The summed E-state index contributed by atoms with van der Waals surface area (Å²) in [5.74, 6) is 1.20. The molecule has 0 aliphatic carbocycles. The first kappa shape index (κ1) is 14.2. The van der Waals surface area contributed by atoms with E-state index in [9.17, 15) is 0 Å². The molecular formula is C14H16ClNO2S. The largest absolute Gasteiger partial charge is 0.493 e. The van der Waals surface area contributed by atoms with Crippen LogP contribution in [-0.4, -0.2) is 21.3 Å². The number of nitrogens with one attached hydrogen (secondary N) is 1. The van der Waals surface area contributed by atoms with Gasteiger partial charge in [-0.1, -0.05) is 11.6 Å². The van der Waals surface area contributed by atoms with Crippen LogP contribution in [-0.2, 0) is 0 Å². The van der Waals surface area contributed by atoms with Crippen LogP contribution in [0.2, 0.25) is 5.02 Å². The van der Waals surface area contributed by atoms with Crippen molar-refractivity contribution >= 4 is 22.9 Å². The van der Waals surface area contributed by atoms with E-state index in [1.807, 2.05) is 19.2 Å². The van der Waals surface area contributed by atoms with Crippen molar-refractivity contribution in [3.05, 3.63) is 45.1 Å². The summed E-state index contributed by atoms with van der Waals surface area (Å²) in [7, 11) is 5.11. The molecule has 3 nitrogen and oxygen atoms in total. The van der Waals surface area contributed by atoms with Crippen molar-refractivity contribution in [2.75, 3.05) is 21.3 Å². The highest BCUT2D eigenvalue weighted by atomic mass is 35.5. The van der Waals surface area contributed by atoms with E-state index in [2.05, 4.69) is 22.1 Å². The lowest BCUT2D eigenvalue weighted by atomic mass is 10.0. The van der Waals surface area contributed by atoms with Gasteiger partial charge in [0, 0.05) is 0 Å². The van der Waals surface area contributed by atoms with Crippen molar-refractivity contribution in [2.45, 2.75) is 6.04 Å². The van der Waals surface area contributed by atoms with E-state index in [1.165, 1.54) is 5.56 Å². The predicted octanol–water partition coefficient (Wildman–Crippen LogP) is 3.73. The molecule has 102 valence electrons. The Bertz CT molecular complexity index is 543. The number of hydrogen-bond donors (Lipinski definition) is 1. The first-order chi connectivity index (χ1) is 9.21. The van der Waals surface area contributed by atoms with Crippen molar-refractivity contribution in [1.82, 2.24) is 5.32 Å². The fourth-order valence-electron chi connectivity index (χ4n) is 2.07. The van der Waals surface area contributed by atoms with Gasteiger partial charge in [0.1, 0.15) is 0 Å². The SMILES string of the molecule is CNC(c1ccsc1)c1cc(Cl)c(OC)c(OC)c1. The number of methoxy groups -OCH3 is 2. The van der Waals surface area contributed by atoms with Gasteiger partial charge in [0.05, 0.1) is 25.3 Å². The van der Waals surface area contributed by atoms with E-state index in [-0.39, 0.29) is 6.04 Å². The third kappa shape index (κ3) is 2.86. The Labute approximate surface area is 122 Å². The van der Waals surface area contributed by atoms with Gasteiger partial charge < -0.3 is 14.8 Å². The molecule has 0 spiro atoms. The quantitative estimate of drug-likeness (QED) is 0.912. The number of benzene rings is 1. The smallest absolute Gasteiger partial charge is 0.179 e. The number of ether oxygens (including phenoxy) is 2. The Hall–Kier alpha value is -1.23. The number of hydrogen-bond acceptors (Lipinski definition) is 4. The topological polar surface area (TPSA) is 30.5 Å². The number of halogens is 1. The molecule has 0 aliphatic rings. The van der Waals surface area contributed by atoms with Gasteiger partial charge in [-0.15, -0.1) is 0 Å². The number of rotatable bonds is 5. The second-order valence-electron chi connectivity index (χ2n) is 4.02. The molecule has 1 N–H and O–H groups in total. The van der Waals surface area contributed by atoms with Crippen LogP contribution < -0.4 is 14.8 Å². The number of thiophene rings is 1. The van der Waals surface area contributed by atoms with Crippen molar-refractivity contribution < 1.29 is 9.47 Å². The molecule has 2 rings (SSSR count). The van der Waals surface area contributed by atoms with Gasteiger partial charge in [0.2, 0.25) is 0 Å². The second-order valence-corrected chi connectivity index (χ2v) is 5.20. The molecule has 1 unspecified atom stereocenters. The van der Waals surface area contributed by atoms with E-state index in [4.69, 9.17) is 21.1 Å². The highest BCUT2D eigenvalue weighted by molar-refractivity contribution is 7.08. The molecule has 0 aliphatic heterocycles. The second kappa shape index (κ2) is 6.28. The maximum absolute atomic E-state index is 6.25. The average molecular weight is 298 g/mol. The van der Waals surface area contributed by atoms with Crippen LogP contribution in [0.15, 0.2) is 29.0 Å². The molecule has 0 saturated carbocycles. The summed E-state index contributed by atoms with van der Waals surface area (Å²) in [6.45, 7) is 0. The minimum atomic E-state index is 0.0866. The van der Waals surface area contributed by atoms with E-state index in [0.717, 1.165) is 5.56 Å². The van der Waals surface area contributed by atoms with Gasteiger partial charge in [-0.3, -0.25) is 0 Å².